The Morgan fingerprint density at radius 3 is 2.70 bits per heavy atom. The van der Waals surface area contributed by atoms with Crippen molar-refractivity contribution < 1.29 is 9.53 Å². The van der Waals surface area contributed by atoms with Gasteiger partial charge in [-0.05, 0) is 37.3 Å². The van der Waals surface area contributed by atoms with Gasteiger partial charge in [-0.1, -0.05) is 32.1 Å². The van der Waals surface area contributed by atoms with Crippen LogP contribution in [-0.4, -0.2) is 35.0 Å². The van der Waals surface area contributed by atoms with Crippen molar-refractivity contribution in [3.63, 3.8) is 0 Å². The van der Waals surface area contributed by atoms with Gasteiger partial charge in [0, 0.05) is 25.4 Å². The first kappa shape index (κ1) is 16.3. The van der Waals surface area contributed by atoms with Crippen LogP contribution in [-0.2, 0) is 4.79 Å². The number of carbonyl (C=O) groups is 1. The van der Waals surface area contributed by atoms with E-state index in [2.05, 4.69) is 4.98 Å². The molecule has 2 fully saturated rings. The minimum Gasteiger partial charge on any atom is -0.488 e. The summed E-state index contributed by atoms with van der Waals surface area (Å²) in [5.41, 5.74) is 0. The summed E-state index contributed by atoms with van der Waals surface area (Å²) in [6, 6.07) is 3.76. The molecule has 0 spiro atoms. The number of aromatic nitrogens is 1. The molecule has 2 aliphatic rings. The average Bonchev–Trinajstić information content (AvgIpc) is 2.62. The van der Waals surface area contributed by atoms with E-state index in [1.54, 1.807) is 12.4 Å². The van der Waals surface area contributed by atoms with Gasteiger partial charge in [-0.25, -0.2) is 0 Å². The van der Waals surface area contributed by atoms with E-state index in [-0.39, 0.29) is 6.10 Å². The van der Waals surface area contributed by atoms with Gasteiger partial charge >= 0.3 is 0 Å². The lowest BCUT2D eigenvalue weighted by Gasteiger charge is -2.33. The Labute approximate surface area is 139 Å². The summed E-state index contributed by atoms with van der Waals surface area (Å²) in [7, 11) is 0. The van der Waals surface area contributed by atoms with E-state index in [1.807, 2.05) is 17.0 Å². The van der Waals surface area contributed by atoms with Crippen molar-refractivity contribution in [1.82, 2.24) is 9.88 Å². The van der Waals surface area contributed by atoms with Crippen molar-refractivity contribution in [3.8, 4) is 5.75 Å². The van der Waals surface area contributed by atoms with Crippen LogP contribution in [0.2, 0.25) is 0 Å². The maximum atomic E-state index is 12.5. The van der Waals surface area contributed by atoms with Crippen LogP contribution in [0.4, 0.5) is 0 Å². The number of piperidine rings is 1. The molecule has 3 rings (SSSR count). The minimum atomic E-state index is 0.116. The monoisotopic (exact) mass is 316 g/mol. The lowest BCUT2D eigenvalue weighted by atomic mass is 9.86. The fourth-order valence-corrected chi connectivity index (χ4v) is 3.83. The molecule has 1 aliphatic heterocycles. The number of hydrogen-bond acceptors (Lipinski definition) is 3. The third-order valence-electron chi connectivity index (χ3n) is 5.17. The highest BCUT2D eigenvalue weighted by Crippen LogP contribution is 2.28. The van der Waals surface area contributed by atoms with Crippen LogP contribution < -0.4 is 4.74 Å². The van der Waals surface area contributed by atoms with E-state index in [1.165, 1.54) is 32.1 Å². The van der Waals surface area contributed by atoms with Gasteiger partial charge in [0.1, 0.15) is 11.9 Å². The van der Waals surface area contributed by atoms with Crippen molar-refractivity contribution in [3.05, 3.63) is 24.5 Å². The molecular formula is C19H28N2O2. The third-order valence-corrected chi connectivity index (χ3v) is 5.17. The highest BCUT2D eigenvalue weighted by atomic mass is 16.5. The zero-order valence-electron chi connectivity index (χ0n) is 14.0. The number of ether oxygens (including phenoxy) is 1. The van der Waals surface area contributed by atoms with Crippen LogP contribution in [0.25, 0.3) is 0 Å². The molecule has 1 aromatic rings. The van der Waals surface area contributed by atoms with E-state index in [0.29, 0.717) is 12.3 Å². The maximum Gasteiger partial charge on any atom is 0.222 e. The van der Waals surface area contributed by atoms with Crippen molar-refractivity contribution in [2.24, 2.45) is 5.92 Å². The molecule has 1 aromatic heterocycles. The Hall–Kier alpha value is -1.58. The molecule has 0 aromatic carbocycles. The first-order chi connectivity index (χ1) is 11.3. The van der Waals surface area contributed by atoms with Crippen LogP contribution >= 0.6 is 0 Å². The van der Waals surface area contributed by atoms with E-state index in [4.69, 9.17) is 4.74 Å². The van der Waals surface area contributed by atoms with Gasteiger partial charge in [-0.2, -0.15) is 0 Å². The number of rotatable bonds is 5. The SMILES string of the molecule is O=C(CCC1CCCCC1)N1CCCC(Oc2ccncc2)C1. The molecule has 0 bridgehead atoms. The summed E-state index contributed by atoms with van der Waals surface area (Å²) in [6.45, 7) is 1.62. The first-order valence-electron chi connectivity index (χ1n) is 9.16. The highest BCUT2D eigenvalue weighted by Gasteiger charge is 2.25. The second-order valence-electron chi connectivity index (χ2n) is 6.95. The average molecular weight is 316 g/mol. The Morgan fingerprint density at radius 1 is 1.13 bits per heavy atom. The van der Waals surface area contributed by atoms with E-state index in [0.717, 1.165) is 44.0 Å². The lowest BCUT2D eigenvalue weighted by molar-refractivity contribution is -0.134. The van der Waals surface area contributed by atoms with Crippen molar-refractivity contribution >= 4 is 5.91 Å². The predicted molar refractivity (Wildman–Crippen MR) is 90.3 cm³/mol. The number of amides is 1. The second-order valence-corrected chi connectivity index (χ2v) is 6.95. The molecule has 1 unspecified atom stereocenters. The largest absolute Gasteiger partial charge is 0.488 e. The summed E-state index contributed by atoms with van der Waals surface area (Å²) >= 11 is 0. The molecule has 1 saturated carbocycles. The summed E-state index contributed by atoms with van der Waals surface area (Å²) in [6.07, 6.45) is 14.2. The van der Waals surface area contributed by atoms with Crippen LogP contribution in [0.3, 0.4) is 0 Å². The molecule has 1 saturated heterocycles. The van der Waals surface area contributed by atoms with Gasteiger partial charge in [-0.3, -0.25) is 9.78 Å². The molecule has 4 nitrogen and oxygen atoms in total. The normalized spacial score (nSPS) is 22.8. The lowest BCUT2D eigenvalue weighted by Crippen LogP contribution is -2.44. The van der Waals surface area contributed by atoms with Gasteiger partial charge in [0.2, 0.25) is 5.91 Å². The Balaban J connectivity index is 1.44. The second kappa shape index (κ2) is 8.32. The fourth-order valence-electron chi connectivity index (χ4n) is 3.83. The van der Waals surface area contributed by atoms with Crippen LogP contribution in [0.1, 0.15) is 57.8 Å². The summed E-state index contributed by atoms with van der Waals surface area (Å²) < 4.78 is 6.00. The zero-order valence-corrected chi connectivity index (χ0v) is 14.0. The molecule has 0 radical (unpaired) electrons. The molecule has 126 valence electrons. The summed E-state index contributed by atoms with van der Waals surface area (Å²) in [4.78, 5) is 18.5. The van der Waals surface area contributed by atoms with Crippen LogP contribution in [0.5, 0.6) is 5.75 Å². The van der Waals surface area contributed by atoms with E-state index >= 15 is 0 Å². The summed E-state index contributed by atoms with van der Waals surface area (Å²) in [5.74, 6) is 1.95. The van der Waals surface area contributed by atoms with Gasteiger partial charge < -0.3 is 9.64 Å². The quantitative estimate of drug-likeness (QED) is 0.829. The predicted octanol–water partition coefficient (Wildman–Crippen LogP) is 3.81. The smallest absolute Gasteiger partial charge is 0.222 e. The van der Waals surface area contributed by atoms with Gasteiger partial charge in [0.15, 0.2) is 0 Å². The number of likely N-dealkylation sites (tertiary alicyclic amines) is 1. The minimum absolute atomic E-state index is 0.116. The third kappa shape index (κ3) is 4.95. The van der Waals surface area contributed by atoms with E-state index < -0.39 is 0 Å². The number of nitrogens with zero attached hydrogens (tertiary/aromatic N) is 2. The molecule has 1 aliphatic carbocycles. The molecule has 1 amide bonds. The van der Waals surface area contributed by atoms with E-state index in [9.17, 15) is 4.79 Å². The highest BCUT2D eigenvalue weighted by molar-refractivity contribution is 5.76. The van der Waals surface area contributed by atoms with Gasteiger partial charge in [0.05, 0.1) is 6.54 Å². The number of pyridine rings is 1. The fraction of sp³-hybridized carbons (Fsp3) is 0.684. The molecule has 1 atom stereocenters. The van der Waals surface area contributed by atoms with Crippen LogP contribution in [0, 0.1) is 5.92 Å². The summed E-state index contributed by atoms with van der Waals surface area (Å²) in [5, 5.41) is 0. The molecule has 4 heteroatoms. The molecule has 23 heavy (non-hydrogen) atoms. The standard InChI is InChI=1S/C19H28N2O2/c22-19(9-8-16-5-2-1-3-6-16)21-14-4-7-18(15-21)23-17-10-12-20-13-11-17/h10-13,16,18H,1-9,14-15H2. The van der Waals surface area contributed by atoms with Gasteiger partial charge in [0.25, 0.3) is 0 Å². The first-order valence-corrected chi connectivity index (χ1v) is 9.16. The number of hydrogen-bond donors (Lipinski definition) is 0. The topological polar surface area (TPSA) is 42.4 Å². The van der Waals surface area contributed by atoms with Gasteiger partial charge in [-0.15, -0.1) is 0 Å². The Morgan fingerprint density at radius 2 is 1.91 bits per heavy atom. The zero-order chi connectivity index (χ0) is 15.9. The number of carbonyl (C=O) groups excluding carboxylic acids is 1. The van der Waals surface area contributed by atoms with Crippen molar-refractivity contribution in [2.75, 3.05) is 13.1 Å². The Kier molecular flexibility index (Phi) is 5.89. The van der Waals surface area contributed by atoms with Crippen molar-refractivity contribution in [1.29, 1.82) is 0 Å². The maximum absolute atomic E-state index is 12.5. The van der Waals surface area contributed by atoms with Crippen LogP contribution in [0.15, 0.2) is 24.5 Å². The molecular weight excluding hydrogens is 288 g/mol. The molecule has 2 heterocycles. The molecule has 0 N–H and O–H groups in total. The van der Waals surface area contributed by atoms with Crippen molar-refractivity contribution in [2.45, 2.75) is 63.9 Å². The Bertz CT molecular complexity index is 485.